The van der Waals surface area contributed by atoms with E-state index in [1.54, 1.807) is 6.92 Å². The molecule has 0 aliphatic carbocycles. The van der Waals surface area contributed by atoms with Crippen LogP contribution in [0.4, 0.5) is 0 Å². The average Bonchev–Trinajstić information content (AvgIpc) is 2.13. The van der Waals surface area contributed by atoms with Gasteiger partial charge in [-0.25, -0.2) is 5.06 Å². The van der Waals surface area contributed by atoms with E-state index in [1.807, 2.05) is 0 Å². The first-order chi connectivity index (χ1) is 7.19. The molecule has 94 valence electrons. The summed E-state index contributed by atoms with van der Waals surface area (Å²) in [4.78, 5) is 22.7. The zero-order valence-electron chi connectivity index (χ0n) is 9.59. The van der Waals surface area contributed by atoms with Crippen molar-refractivity contribution in [3.8, 4) is 0 Å². The second-order valence-electron chi connectivity index (χ2n) is 3.09. The molecule has 0 aliphatic heterocycles. The lowest BCUT2D eigenvalue weighted by Gasteiger charge is -2.17. The SMILES string of the molecule is CCOC(=O)C(C)C(=O)N(C)OS(C)(=O)=O. The molecule has 0 saturated heterocycles. The lowest BCUT2D eigenvalue weighted by molar-refractivity contribution is -0.165. The highest BCUT2D eigenvalue weighted by Crippen LogP contribution is 2.05. The Bertz CT molecular complexity index is 363. The molecule has 0 bridgehead atoms. The number of amides is 1. The van der Waals surface area contributed by atoms with Gasteiger partial charge in [-0.05, 0) is 13.8 Å². The van der Waals surface area contributed by atoms with E-state index in [2.05, 4.69) is 9.02 Å². The van der Waals surface area contributed by atoms with Gasteiger partial charge in [-0.2, -0.15) is 8.42 Å². The van der Waals surface area contributed by atoms with E-state index in [9.17, 15) is 18.0 Å². The third-order valence-corrected chi connectivity index (χ3v) is 2.06. The van der Waals surface area contributed by atoms with Gasteiger partial charge in [0, 0.05) is 7.05 Å². The fraction of sp³-hybridized carbons (Fsp3) is 0.750. The summed E-state index contributed by atoms with van der Waals surface area (Å²) in [5.41, 5.74) is 0. The maximum absolute atomic E-state index is 11.5. The lowest BCUT2D eigenvalue weighted by atomic mass is 10.2. The Morgan fingerprint density at radius 3 is 2.25 bits per heavy atom. The van der Waals surface area contributed by atoms with Gasteiger partial charge in [0.1, 0.15) is 5.92 Å². The van der Waals surface area contributed by atoms with Gasteiger partial charge in [-0.15, -0.1) is 4.28 Å². The van der Waals surface area contributed by atoms with Crippen LogP contribution in [0.5, 0.6) is 0 Å². The number of ether oxygens (including phenoxy) is 1. The molecule has 8 heteroatoms. The summed E-state index contributed by atoms with van der Waals surface area (Å²) in [6.45, 7) is 3.06. The third kappa shape index (κ3) is 5.08. The summed E-state index contributed by atoms with van der Waals surface area (Å²) < 4.78 is 30.4. The van der Waals surface area contributed by atoms with E-state index in [4.69, 9.17) is 0 Å². The Labute approximate surface area is 94.4 Å². The number of rotatable bonds is 5. The molecule has 0 radical (unpaired) electrons. The van der Waals surface area contributed by atoms with Crippen LogP contribution in [0.25, 0.3) is 0 Å². The van der Waals surface area contributed by atoms with Crippen molar-refractivity contribution in [2.45, 2.75) is 13.8 Å². The summed E-state index contributed by atoms with van der Waals surface area (Å²) in [7, 11) is -2.68. The molecule has 0 fully saturated rings. The quantitative estimate of drug-likeness (QED) is 0.374. The van der Waals surface area contributed by atoms with Gasteiger partial charge in [0.05, 0.1) is 12.9 Å². The normalized spacial score (nSPS) is 13.0. The predicted molar refractivity (Wildman–Crippen MR) is 54.5 cm³/mol. The molecular formula is C8H15NO6S. The Morgan fingerprint density at radius 2 is 1.88 bits per heavy atom. The van der Waals surface area contributed by atoms with E-state index in [0.29, 0.717) is 5.06 Å². The van der Waals surface area contributed by atoms with Crippen LogP contribution in [-0.4, -0.2) is 45.3 Å². The minimum absolute atomic E-state index is 0.146. The fourth-order valence-electron chi connectivity index (χ4n) is 0.881. The number of nitrogens with zero attached hydrogens (tertiary/aromatic N) is 1. The zero-order chi connectivity index (χ0) is 12.9. The Kier molecular flexibility index (Phi) is 5.39. The van der Waals surface area contributed by atoms with Gasteiger partial charge in [0.2, 0.25) is 0 Å². The molecule has 7 nitrogen and oxygen atoms in total. The predicted octanol–water partition coefficient (Wildman–Crippen LogP) is -0.465. The Balaban J connectivity index is 4.50. The van der Waals surface area contributed by atoms with Crippen molar-refractivity contribution in [3.05, 3.63) is 0 Å². The van der Waals surface area contributed by atoms with Gasteiger partial charge < -0.3 is 4.74 Å². The first kappa shape index (κ1) is 14.8. The fourth-order valence-corrected chi connectivity index (χ4v) is 1.36. The standard InChI is InChI=1S/C8H15NO6S/c1-5-14-8(11)6(2)7(10)9(3)15-16(4,12)13/h6H,5H2,1-4H3. The van der Waals surface area contributed by atoms with Crippen LogP contribution >= 0.6 is 0 Å². The molecule has 0 rings (SSSR count). The molecule has 0 saturated carbocycles. The maximum Gasteiger partial charge on any atom is 0.318 e. The minimum atomic E-state index is -3.79. The summed E-state index contributed by atoms with van der Waals surface area (Å²) in [6, 6.07) is 0. The number of esters is 1. The summed E-state index contributed by atoms with van der Waals surface area (Å²) >= 11 is 0. The highest BCUT2D eigenvalue weighted by Gasteiger charge is 2.28. The summed E-state index contributed by atoms with van der Waals surface area (Å²) in [6.07, 6.45) is 0.797. The molecule has 0 heterocycles. The lowest BCUT2D eigenvalue weighted by Crippen LogP contribution is -2.37. The van der Waals surface area contributed by atoms with Crippen molar-refractivity contribution in [1.82, 2.24) is 5.06 Å². The van der Waals surface area contributed by atoms with Gasteiger partial charge in [0.25, 0.3) is 16.0 Å². The number of carbonyl (C=O) groups is 2. The van der Waals surface area contributed by atoms with Gasteiger partial charge in [0.15, 0.2) is 0 Å². The second kappa shape index (κ2) is 5.80. The van der Waals surface area contributed by atoms with Crippen LogP contribution in [0, 0.1) is 5.92 Å². The van der Waals surface area contributed by atoms with Crippen LogP contribution in [0.15, 0.2) is 0 Å². The Morgan fingerprint density at radius 1 is 1.38 bits per heavy atom. The molecule has 0 aromatic carbocycles. The van der Waals surface area contributed by atoms with Crippen LogP contribution in [0.3, 0.4) is 0 Å². The first-order valence-electron chi connectivity index (χ1n) is 4.52. The summed E-state index contributed by atoms with van der Waals surface area (Å²) in [5, 5.41) is 0.497. The van der Waals surface area contributed by atoms with Crippen molar-refractivity contribution in [3.63, 3.8) is 0 Å². The van der Waals surface area contributed by atoms with Crippen molar-refractivity contribution in [1.29, 1.82) is 0 Å². The molecule has 0 aromatic heterocycles. The number of carbonyl (C=O) groups excluding carboxylic acids is 2. The van der Waals surface area contributed by atoms with Crippen LogP contribution < -0.4 is 0 Å². The average molecular weight is 253 g/mol. The molecule has 0 spiro atoms. The van der Waals surface area contributed by atoms with Crippen LogP contribution in [0.1, 0.15) is 13.8 Å². The van der Waals surface area contributed by atoms with Crippen LogP contribution in [0.2, 0.25) is 0 Å². The van der Waals surface area contributed by atoms with Crippen LogP contribution in [-0.2, 0) is 28.7 Å². The zero-order valence-corrected chi connectivity index (χ0v) is 10.4. The molecule has 1 amide bonds. The monoisotopic (exact) mass is 253 g/mol. The second-order valence-corrected chi connectivity index (χ2v) is 4.65. The van der Waals surface area contributed by atoms with Crippen molar-refractivity contribution >= 4 is 22.0 Å². The first-order valence-corrected chi connectivity index (χ1v) is 6.34. The highest BCUT2D eigenvalue weighted by atomic mass is 32.2. The topological polar surface area (TPSA) is 90.0 Å². The highest BCUT2D eigenvalue weighted by molar-refractivity contribution is 7.85. The van der Waals surface area contributed by atoms with Crippen molar-refractivity contribution < 1.29 is 27.0 Å². The molecule has 0 aliphatic rings. The smallest absolute Gasteiger partial charge is 0.318 e. The molecule has 0 aromatic rings. The maximum atomic E-state index is 11.5. The van der Waals surface area contributed by atoms with Crippen molar-refractivity contribution in [2.75, 3.05) is 19.9 Å². The van der Waals surface area contributed by atoms with Gasteiger partial charge >= 0.3 is 5.97 Å². The number of hydroxylamine groups is 2. The number of hydrogen-bond acceptors (Lipinski definition) is 6. The third-order valence-electron chi connectivity index (χ3n) is 1.57. The van der Waals surface area contributed by atoms with Gasteiger partial charge in [-0.3, -0.25) is 9.59 Å². The molecule has 16 heavy (non-hydrogen) atoms. The minimum Gasteiger partial charge on any atom is -0.465 e. The van der Waals surface area contributed by atoms with E-state index in [0.717, 1.165) is 13.3 Å². The van der Waals surface area contributed by atoms with Crippen molar-refractivity contribution in [2.24, 2.45) is 5.92 Å². The summed E-state index contributed by atoms with van der Waals surface area (Å²) in [5.74, 6) is -2.62. The van der Waals surface area contributed by atoms with E-state index in [1.165, 1.54) is 6.92 Å². The van der Waals surface area contributed by atoms with E-state index in [-0.39, 0.29) is 6.61 Å². The van der Waals surface area contributed by atoms with E-state index >= 15 is 0 Å². The largest absolute Gasteiger partial charge is 0.465 e. The Hall–Kier alpha value is -1.15. The van der Waals surface area contributed by atoms with Gasteiger partial charge in [-0.1, -0.05) is 0 Å². The molecule has 1 unspecified atom stereocenters. The molecular weight excluding hydrogens is 238 g/mol. The van der Waals surface area contributed by atoms with E-state index < -0.39 is 27.9 Å². The number of hydrogen-bond donors (Lipinski definition) is 0. The molecule has 0 N–H and O–H groups in total. The molecule has 1 atom stereocenters.